The molecule has 2 atom stereocenters. The van der Waals surface area contributed by atoms with Crippen LogP contribution in [0, 0.1) is 0 Å². The fraction of sp³-hybridized carbons (Fsp3) is 0.579. The second-order valence-corrected chi connectivity index (χ2v) is 5.06. The quantitative estimate of drug-likeness (QED) is 0.648. The van der Waals surface area contributed by atoms with Gasteiger partial charge in [-0.2, -0.15) is 0 Å². The molecule has 0 bridgehead atoms. The van der Waals surface area contributed by atoms with Crippen LogP contribution in [0.25, 0.3) is 0 Å². The lowest BCUT2D eigenvalue weighted by Crippen LogP contribution is -2.29. The second kappa shape index (κ2) is 13.2. The van der Waals surface area contributed by atoms with Crippen LogP contribution >= 0.6 is 0 Å². The van der Waals surface area contributed by atoms with Gasteiger partial charge >= 0.3 is 11.9 Å². The van der Waals surface area contributed by atoms with Gasteiger partial charge in [0.25, 0.3) is 0 Å². The maximum Gasteiger partial charge on any atom is 0.344 e. The number of benzene rings is 1. The van der Waals surface area contributed by atoms with Gasteiger partial charge in [0.05, 0.1) is 6.61 Å². The number of ether oxygens (including phenoxy) is 3. The zero-order valence-corrected chi connectivity index (χ0v) is 15.8. The van der Waals surface area contributed by atoms with E-state index in [1.54, 1.807) is 24.3 Å². The molecule has 6 heteroatoms. The molecule has 0 heterocycles. The summed E-state index contributed by atoms with van der Waals surface area (Å²) < 4.78 is 15.8. The molecule has 25 heavy (non-hydrogen) atoms. The van der Waals surface area contributed by atoms with E-state index in [2.05, 4.69) is 0 Å². The Morgan fingerprint density at radius 1 is 1.12 bits per heavy atom. The van der Waals surface area contributed by atoms with Gasteiger partial charge in [0, 0.05) is 13.0 Å². The first-order valence-electron chi connectivity index (χ1n) is 8.74. The fourth-order valence-electron chi connectivity index (χ4n) is 1.88. The third kappa shape index (κ3) is 9.10. The first kappa shape index (κ1) is 22.9. The van der Waals surface area contributed by atoms with E-state index in [1.807, 2.05) is 27.7 Å². The fourth-order valence-corrected chi connectivity index (χ4v) is 1.88. The first-order chi connectivity index (χ1) is 12.0. The highest BCUT2D eigenvalue weighted by molar-refractivity contribution is 5.75. The van der Waals surface area contributed by atoms with E-state index in [-0.39, 0.29) is 5.97 Å². The third-order valence-corrected chi connectivity index (χ3v) is 3.08. The van der Waals surface area contributed by atoms with Crippen molar-refractivity contribution in [2.75, 3.05) is 13.2 Å². The van der Waals surface area contributed by atoms with Gasteiger partial charge in [0.2, 0.25) is 0 Å². The van der Waals surface area contributed by atoms with Gasteiger partial charge in [0.1, 0.15) is 5.75 Å². The standard InChI is InChI=1S/C17H24O6.C2H6/c1-4-10-22-17(20)15(21-5-2)11-13-6-8-14(9-7-13)23-12(3)16(18)19;1-2/h6-9,12,15H,4-5,10-11H2,1-3H3,(H,18,19);1-2H3. The van der Waals surface area contributed by atoms with Crippen LogP contribution in [0.2, 0.25) is 0 Å². The normalized spacial score (nSPS) is 12.4. The summed E-state index contributed by atoms with van der Waals surface area (Å²) in [6.07, 6.45) is -0.402. The van der Waals surface area contributed by atoms with Crippen molar-refractivity contribution in [1.82, 2.24) is 0 Å². The summed E-state index contributed by atoms with van der Waals surface area (Å²) in [4.78, 5) is 22.7. The smallest absolute Gasteiger partial charge is 0.344 e. The molecule has 0 aromatic heterocycles. The predicted octanol–water partition coefficient (Wildman–Crippen LogP) is 3.47. The minimum Gasteiger partial charge on any atom is -0.479 e. The molecule has 1 rings (SSSR count). The summed E-state index contributed by atoms with van der Waals surface area (Å²) >= 11 is 0. The second-order valence-electron chi connectivity index (χ2n) is 5.06. The van der Waals surface area contributed by atoms with Crippen molar-refractivity contribution in [3.05, 3.63) is 29.8 Å². The summed E-state index contributed by atoms with van der Waals surface area (Å²) in [6.45, 7) is 10.0. The highest BCUT2D eigenvalue weighted by atomic mass is 16.6. The molecule has 0 spiro atoms. The maximum atomic E-state index is 11.9. The summed E-state index contributed by atoms with van der Waals surface area (Å²) in [5.74, 6) is -0.928. The van der Waals surface area contributed by atoms with E-state index < -0.39 is 18.2 Å². The lowest BCUT2D eigenvalue weighted by Gasteiger charge is -2.16. The Bertz CT molecular complexity index is 497. The molecule has 0 amide bonds. The number of carbonyl (C=O) groups excluding carboxylic acids is 1. The molecule has 0 aliphatic rings. The number of carboxylic acids is 1. The van der Waals surface area contributed by atoms with E-state index in [1.165, 1.54) is 6.92 Å². The average Bonchev–Trinajstić information content (AvgIpc) is 2.62. The van der Waals surface area contributed by atoms with Gasteiger partial charge < -0.3 is 19.3 Å². The molecule has 1 N–H and O–H groups in total. The number of hydrogen-bond donors (Lipinski definition) is 1. The van der Waals surface area contributed by atoms with Crippen LogP contribution in [0.15, 0.2) is 24.3 Å². The zero-order valence-electron chi connectivity index (χ0n) is 15.8. The minimum absolute atomic E-state index is 0.367. The van der Waals surface area contributed by atoms with Crippen LogP contribution in [-0.4, -0.2) is 42.5 Å². The Hall–Kier alpha value is -2.08. The van der Waals surface area contributed by atoms with E-state index in [0.29, 0.717) is 25.4 Å². The van der Waals surface area contributed by atoms with Crippen LogP contribution < -0.4 is 4.74 Å². The highest BCUT2D eigenvalue weighted by Crippen LogP contribution is 2.16. The first-order valence-corrected chi connectivity index (χ1v) is 8.74. The molecule has 6 nitrogen and oxygen atoms in total. The lowest BCUT2D eigenvalue weighted by molar-refractivity contribution is -0.156. The van der Waals surface area contributed by atoms with Crippen LogP contribution in [0.1, 0.15) is 46.6 Å². The van der Waals surface area contributed by atoms with Crippen molar-refractivity contribution >= 4 is 11.9 Å². The zero-order chi connectivity index (χ0) is 19.2. The Morgan fingerprint density at radius 3 is 2.20 bits per heavy atom. The van der Waals surface area contributed by atoms with Gasteiger partial charge in [-0.1, -0.05) is 32.9 Å². The number of carbonyl (C=O) groups is 2. The number of hydrogen-bond acceptors (Lipinski definition) is 5. The van der Waals surface area contributed by atoms with Gasteiger partial charge in [-0.15, -0.1) is 0 Å². The van der Waals surface area contributed by atoms with Crippen molar-refractivity contribution in [1.29, 1.82) is 0 Å². The van der Waals surface area contributed by atoms with Gasteiger partial charge in [-0.05, 0) is 38.0 Å². The van der Waals surface area contributed by atoms with Crippen molar-refractivity contribution in [2.24, 2.45) is 0 Å². The van der Waals surface area contributed by atoms with Crippen LogP contribution in [0.4, 0.5) is 0 Å². The Morgan fingerprint density at radius 2 is 1.72 bits per heavy atom. The monoisotopic (exact) mass is 354 g/mol. The molecule has 0 saturated heterocycles. The summed E-state index contributed by atoms with van der Waals surface area (Å²) in [6, 6.07) is 6.91. The molecule has 1 aromatic carbocycles. The topological polar surface area (TPSA) is 82.1 Å². The van der Waals surface area contributed by atoms with Crippen molar-refractivity contribution in [3.8, 4) is 5.75 Å². The molecule has 1 aromatic rings. The van der Waals surface area contributed by atoms with Gasteiger partial charge in [-0.3, -0.25) is 0 Å². The summed E-state index contributed by atoms with van der Waals surface area (Å²) in [7, 11) is 0. The van der Waals surface area contributed by atoms with Crippen LogP contribution in [-0.2, 0) is 25.5 Å². The van der Waals surface area contributed by atoms with Crippen molar-refractivity contribution < 1.29 is 28.9 Å². The van der Waals surface area contributed by atoms with Gasteiger partial charge in [0.15, 0.2) is 12.2 Å². The van der Waals surface area contributed by atoms with Crippen molar-refractivity contribution in [3.63, 3.8) is 0 Å². The number of rotatable bonds is 10. The number of esters is 1. The van der Waals surface area contributed by atoms with Crippen LogP contribution in [0.5, 0.6) is 5.75 Å². The summed E-state index contributed by atoms with van der Waals surface area (Å²) in [5.41, 5.74) is 0.882. The molecule has 0 saturated carbocycles. The largest absolute Gasteiger partial charge is 0.479 e. The Labute approximate surface area is 150 Å². The third-order valence-electron chi connectivity index (χ3n) is 3.08. The highest BCUT2D eigenvalue weighted by Gasteiger charge is 2.21. The van der Waals surface area contributed by atoms with E-state index in [4.69, 9.17) is 19.3 Å². The van der Waals surface area contributed by atoms with Gasteiger partial charge in [-0.25, -0.2) is 9.59 Å². The van der Waals surface area contributed by atoms with E-state index in [9.17, 15) is 9.59 Å². The summed E-state index contributed by atoms with van der Waals surface area (Å²) in [5, 5.41) is 8.81. The van der Waals surface area contributed by atoms with E-state index in [0.717, 1.165) is 12.0 Å². The maximum absolute atomic E-state index is 11.9. The molecule has 0 radical (unpaired) electrons. The molecule has 2 unspecified atom stereocenters. The Kier molecular flexibility index (Phi) is 12.1. The predicted molar refractivity (Wildman–Crippen MR) is 95.9 cm³/mol. The molecular weight excluding hydrogens is 324 g/mol. The SMILES string of the molecule is CC.CCCOC(=O)C(Cc1ccc(OC(C)C(=O)O)cc1)OCC. The van der Waals surface area contributed by atoms with Crippen LogP contribution in [0.3, 0.4) is 0 Å². The van der Waals surface area contributed by atoms with Crippen molar-refractivity contribution in [2.45, 2.75) is 59.7 Å². The molecule has 142 valence electrons. The number of aliphatic carboxylic acids is 1. The lowest BCUT2D eigenvalue weighted by atomic mass is 10.1. The molecule has 0 aliphatic heterocycles. The Balaban J connectivity index is 0.00000277. The number of carboxylic acid groups (broad SMARTS) is 1. The average molecular weight is 354 g/mol. The molecular formula is C19H30O6. The minimum atomic E-state index is -1.02. The van der Waals surface area contributed by atoms with E-state index >= 15 is 0 Å². The molecule has 0 fully saturated rings. The molecule has 0 aliphatic carbocycles.